The first kappa shape index (κ1) is 23.9. The van der Waals surface area contributed by atoms with Crippen molar-refractivity contribution in [2.75, 3.05) is 0 Å². The molecule has 0 saturated carbocycles. The fourth-order valence-electron chi connectivity index (χ4n) is 4.87. The first-order chi connectivity index (χ1) is 12.2. The molecule has 1 N–H and O–H groups in total. The van der Waals surface area contributed by atoms with E-state index in [4.69, 9.17) is 0 Å². The number of ketones is 1. The molecule has 2 nitrogen and oxygen atoms in total. The van der Waals surface area contributed by atoms with Gasteiger partial charge in [0.1, 0.15) is 5.78 Å². The van der Waals surface area contributed by atoms with E-state index >= 15 is 0 Å². The molecule has 0 aliphatic rings. The molecule has 2 unspecified atom stereocenters. The van der Waals surface area contributed by atoms with Gasteiger partial charge in [-0.2, -0.15) is 0 Å². The quantitative estimate of drug-likeness (QED) is 0.512. The zero-order valence-electron chi connectivity index (χ0n) is 19.1. The van der Waals surface area contributed by atoms with Gasteiger partial charge in [-0.25, -0.2) is 0 Å². The molecule has 27 heavy (non-hydrogen) atoms. The Balaban J connectivity index is 3.05. The van der Waals surface area contributed by atoms with Gasteiger partial charge in [0.15, 0.2) is 0 Å². The lowest BCUT2D eigenvalue weighted by Gasteiger charge is -2.39. The summed E-state index contributed by atoms with van der Waals surface area (Å²) in [5, 5.41) is 11.1. The van der Waals surface area contributed by atoms with Crippen molar-refractivity contribution in [3.63, 3.8) is 0 Å². The number of aliphatic hydroxyl groups is 1. The fourth-order valence-corrected chi connectivity index (χ4v) is 4.87. The summed E-state index contributed by atoms with van der Waals surface area (Å²) < 4.78 is 0. The molecule has 0 amide bonds. The van der Waals surface area contributed by atoms with Gasteiger partial charge in [-0.1, -0.05) is 79.2 Å². The van der Waals surface area contributed by atoms with Crippen molar-refractivity contribution in [1.29, 1.82) is 0 Å². The molecule has 0 saturated heterocycles. The van der Waals surface area contributed by atoms with E-state index in [-0.39, 0.29) is 22.5 Å². The Morgan fingerprint density at radius 3 is 1.78 bits per heavy atom. The minimum Gasteiger partial charge on any atom is -0.389 e. The maximum atomic E-state index is 12.1. The van der Waals surface area contributed by atoms with Crippen LogP contribution in [-0.4, -0.2) is 16.5 Å². The van der Waals surface area contributed by atoms with E-state index < -0.39 is 5.60 Å². The van der Waals surface area contributed by atoms with E-state index in [9.17, 15) is 9.90 Å². The highest BCUT2D eigenvalue weighted by Gasteiger charge is 2.40. The summed E-state index contributed by atoms with van der Waals surface area (Å²) in [5.41, 5.74) is 1.52. The SMILES string of the molecule is CCCC(C(C)=O)C(C)(O)CC(C)(C)c1ccc(C(C)(C)CC(C)C)cc1. The molecule has 0 aromatic heterocycles. The molecule has 0 heterocycles. The largest absolute Gasteiger partial charge is 0.389 e. The first-order valence-electron chi connectivity index (χ1n) is 10.6. The third-order valence-electron chi connectivity index (χ3n) is 5.99. The molecular formula is C25H42O2. The second-order valence-corrected chi connectivity index (χ2v) is 10.4. The monoisotopic (exact) mass is 374 g/mol. The van der Waals surface area contributed by atoms with Crippen molar-refractivity contribution in [1.82, 2.24) is 0 Å². The number of benzene rings is 1. The molecule has 2 atom stereocenters. The molecule has 0 aliphatic carbocycles. The molecule has 1 rings (SSSR count). The van der Waals surface area contributed by atoms with Crippen LogP contribution < -0.4 is 0 Å². The lowest BCUT2D eigenvalue weighted by atomic mass is 9.69. The van der Waals surface area contributed by atoms with Crippen LogP contribution in [0.25, 0.3) is 0 Å². The van der Waals surface area contributed by atoms with E-state index in [1.165, 1.54) is 11.1 Å². The molecule has 0 bridgehead atoms. The molecule has 0 spiro atoms. The maximum absolute atomic E-state index is 12.1. The zero-order chi connectivity index (χ0) is 21.0. The first-order valence-corrected chi connectivity index (χ1v) is 10.6. The highest BCUT2D eigenvalue weighted by atomic mass is 16.3. The molecule has 1 aromatic carbocycles. The second kappa shape index (κ2) is 8.90. The van der Waals surface area contributed by atoms with E-state index in [1.54, 1.807) is 6.92 Å². The number of Topliss-reactive ketones (excluding diaryl/α,β-unsaturated/α-hetero) is 1. The topological polar surface area (TPSA) is 37.3 Å². The maximum Gasteiger partial charge on any atom is 0.135 e. The van der Waals surface area contributed by atoms with Crippen molar-refractivity contribution < 1.29 is 9.90 Å². The van der Waals surface area contributed by atoms with Gasteiger partial charge in [0.25, 0.3) is 0 Å². The smallest absolute Gasteiger partial charge is 0.135 e. The minimum atomic E-state index is -0.999. The molecule has 154 valence electrons. The second-order valence-electron chi connectivity index (χ2n) is 10.4. The van der Waals surface area contributed by atoms with Gasteiger partial charge in [0, 0.05) is 5.92 Å². The van der Waals surface area contributed by atoms with Crippen LogP contribution in [0.3, 0.4) is 0 Å². The molecule has 1 aromatic rings. The Morgan fingerprint density at radius 1 is 0.963 bits per heavy atom. The van der Waals surface area contributed by atoms with Crippen LogP contribution in [-0.2, 0) is 15.6 Å². The van der Waals surface area contributed by atoms with Crippen molar-refractivity contribution >= 4 is 5.78 Å². The summed E-state index contributed by atoms with van der Waals surface area (Å²) in [4.78, 5) is 12.1. The van der Waals surface area contributed by atoms with Gasteiger partial charge in [-0.15, -0.1) is 0 Å². The predicted molar refractivity (Wildman–Crippen MR) is 116 cm³/mol. The highest BCUT2D eigenvalue weighted by molar-refractivity contribution is 5.79. The lowest BCUT2D eigenvalue weighted by molar-refractivity contribution is -0.131. The minimum absolute atomic E-state index is 0.0865. The van der Waals surface area contributed by atoms with Crippen LogP contribution in [0.2, 0.25) is 0 Å². The summed E-state index contributed by atoms with van der Waals surface area (Å²) in [6.07, 6.45) is 3.36. The Labute approximate surface area is 167 Å². The number of carbonyl (C=O) groups excluding carboxylic acids is 1. The zero-order valence-corrected chi connectivity index (χ0v) is 19.1. The fraction of sp³-hybridized carbons (Fsp3) is 0.720. The third kappa shape index (κ3) is 6.45. The van der Waals surface area contributed by atoms with Gasteiger partial charge in [-0.3, -0.25) is 4.79 Å². The predicted octanol–water partition coefficient (Wildman–Crippen LogP) is 6.43. The number of carbonyl (C=O) groups is 1. The van der Waals surface area contributed by atoms with Gasteiger partial charge in [0.05, 0.1) is 5.60 Å². The van der Waals surface area contributed by atoms with E-state index in [1.807, 2.05) is 6.92 Å². The van der Waals surface area contributed by atoms with Crippen molar-refractivity contribution in [2.24, 2.45) is 11.8 Å². The van der Waals surface area contributed by atoms with Gasteiger partial charge in [0.2, 0.25) is 0 Å². The van der Waals surface area contributed by atoms with E-state index in [0.717, 1.165) is 19.3 Å². The van der Waals surface area contributed by atoms with Crippen LogP contribution in [0.4, 0.5) is 0 Å². The van der Waals surface area contributed by atoms with Crippen LogP contribution in [0.5, 0.6) is 0 Å². The normalized spacial score (nSPS) is 16.3. The lowest BCUT2D eigenvalue weighted by Crippen LogP contribution is -2.43. The Kier molecular flexibility index (Phi) is 7.88. The summed E-state index contributed by atoms with van der Waals surface area (Å²) in [6, 6.07) is 8.89. The molecule has 2 heteroatoms. The van der Waals surface area contributed by atoms with E-state index in [0.29, 0.717) is 12.3 Å². The van der Waals surface area contributed by atoms with Crippen LogP contribution in [0.1, 0.15) is 99.1 Å². The number of hydrogen-bond acceptors (Lipinski definition) is 2. The van der Waals surface area contributed by atoms with Gasteiger partial charge < -0.3 is 5.11 Å². The molecule has 0 radical (unpaired) electrons. The Morgan fingerprint density at radius 2 is 1.41 bits per heavy atom. The average molecular weight is 375 g/mol. The van der Waals surface area contributed by atoms with E-state index in [2.05, 4.69) is 72.7 Å². The standard InChI is InChI=1S/C25H42O2/c1-10-11-22(19(4)26)25(9,27)17-24(7,8)21-14-12-20(13-15-21)23(5,6)16-18(2)3/h12-15,18,22,27H,10-11,16-17H2,1-9H3. The van der Waals surface area contributed by atoms with Crippen LogP contribution in [0.15, 0.2) is 24.3 Å². The van der Waals surface area contributed by atoms with Gasteiger partial charge >= 0.3 is 0 Å². The highest BCUT2D eigenvalue weighted by Crippen LogP contribution is 2.39. The van der Waals surface area contributed by atoms with Crippen LogP contribution in [0, 0.1) is 11.8 Å². The molecular weight excluding hydrogens is 332 g/mol. The Bertz CT molecular complexity index is 606. The van der Waals surface area contributed by atoms with Crippen molar-refractivity contribution in [3.05, 3.63) is 35.4 Å². The Hall–Kier alpha value is -1.15. The van der Waals surface area contributed by atoms with Crippen LogP contribution >= 0.6 is 0 Å². The molecule has 0 aliphatic heterocycles. The summed E-state index contributed by atoms with van der Waals surface area (Å²) in [7, 11) is 0. The molecule has 0 fully saturated rings. The summed E-state index contributed by atoms with van der Waals surface area (Å²) in [5.74, 6) is 0.447. The summed E-state index contributed by atoms with van der Waals surface area (Å²) in [6.45, 7) is 19.0. The van der Waals surface area contributed by atoms with Crippen molar-refractivity contribution in [3.8, 4) is 0 Å². The number of rotatable bonds is 10. The summed E-state index contributed by atoms with van der Waals surface area (Å²) >= 11 is 0. The number of hydrogen-bond donors (Lipinski definition) is 1. The average Bonchev–Trinajstić information content (AvgIpc) is 2.50. The third-order valence-corrected chi connectivity index (χ3v) is 5.99. The van der Waals surface area contributed by atoms with Gasteiger partial charge in [-0.05, 0) is 61.0 Å². The van der Waals surface area contributed by atoms with Crippen molar-refractivity contribution in [2.45, 2.75) is 104 Å².